The van der Waals surface area contributed by atoms with Crippen molar-refractivity contribution in [2.75, 3.05) is 16.0 Å². The van der Waals surface area contributed by atoms with Crippen LogP contribution in [0, 0.1) is 6.92 Å². The highest BCUT2D eigenvalue weighted by Crippen LogP contribution is 2.36. The molecular weight excluding hydrogens is 348 g/mol. The lowest BCUT2D eigenvalue weighted by molar-refractivity contribution is 0.594. The number of hydrogen-bond acceptors (Lipinski definition) is 2. The standard InChI is InChI=1S/C19H24N4S2/c1-12-7-5-8-13(11-12)21-18(25)23-15-10-6-9-14(22-17(20)24)16(15)19(2,3)4/h5-11H,1-4H3,(H3,20,22,24)(H2,21,23,25). The van der Waals surface area contributed by atoms with Crippen LogP contribution in [0.2, 0.25) is 0 Å². The lowest BCUT2D eigenvalue weighted by Crippen LogP contribution is -2.26. The Kier molecular flexibility index (Phi) is 5.98. The van der Waals surface area contributed by atoms with Crippen molar-refractivity contribution in [2.24, 2.45) is 5.73 Å². The van der Waals surface area contributed by atoms with Crippen LogP contribution >= 0.6 is 24.4 Å². The van der Waals surface area contributed by atoms with Crippen molar-refractivity contribution in [2.45, 2.75) is 33.1 Å². The highest BCUT2D eigenvalue weighted by molar-refractivity contribution is 7.80. The van der Waals surface area contributed by atoms with Gasteiger partial charge in [-0.2, -0.15) is 0 Å². The minimum Gasteiger partial charge on any atom is -0.376 e. The maximum atomic E-state index is 5.67. The van der Waals surface area contributed by atoms with Crippen molar-refractivity contribution in [1.82, 2.24) is 0 Å². The summed E-state index contributed by atoms with van der Waals surface area (Å²) in [5, 5.41) is 10.3. The number of aryl methyl sites for hydroxylation is 1. The summed E-state index contributed by atoms with van der Waals surface area (Å²) >= 11 is 10.5. The van der Waals surface area contributed by atoms with E-state index in [1.807, 2.05) is 49.4 Å². The van der Waals surface area contributed by atoms with Crippen molar-refractivity contribution in [1.29, 1.82) is 0 Å². The molecule has 0 saturated carbocycles. The van der Waals surface area contributed by atoms with Crippen LogP contribution in [0.1, 0.15) is 31.9 Å². The van der Waals surface area contributed by atoms with Crippen LogP contribution in [0.3, 0.4) is 0 Å². The molecule has 0 unspecified atom stereocenters. The Morgan fingerprint density at radius 1 is 0.920 bits per heavy atom. The molecule has 0 aliphatic rings. The zero-order valence-corrected chi connectivity index (χ0v) is 16.6. The van der Waals surface area contributed by atoms with Crippen LogP contribution in [-0.4, -0.2) is 10.2 Å². The molecule has 0 bridgehead atoms. The molecule has 0 atom stereocenters. The maximum Gasteiger partial charge on any atom is 0.175 e. The summed E-state index contributed by atoms with van der Waals surface area (Å²) in [6.45, 7) is 8.45. The van der Waals surface area contributed by atoms with Gasteiger partial charge in [0.15, 0.2) is 10.2 Å². The molecule has 0 aromatic heterocycles. The number of anilines is 3. The molecule has 0 fully saturated rings. The first-order chi connectivity index (χ1) is 11.7. The van der Waals surface area contributed by atoms with Crippen molar-refractivity contribution in [3.8, 4) is 0 Å². The Bertz CT molecular complexity index is 794. The maximum absolute atomic E-state index is 5.67. The van der Waals surface area contributed by atoms with E-state index in [9.17, 15) is 0 Å². The lowest BCUT2D eigenvalue weighted by Gasteiger charge is -2.27. The first-order valence-electron chi connectivity index (χ1n) is 8.01. The molecule has 0 spiro atoms. The van der Waals surface area contributed by atoms with Crippen molar-refractivity contribution in [3.05, 3.63) is 53.6 Å². The number of thiocarbonyl (C=S) groups is 2. The molecule has 132 valence electrons. The van der Waals surface area contributed by atoms with E-state index >= 15 is 0 Å². The molecule has 0 amide bonds. The minimum atomic E-state index is -0.129. The minimum absolute atomic E-state index is 0.129. The van der Waals surface area contributed by atoms with Crippen molar-refractivity contribution < 1.29 is 0 Å². The van der Waals surface area contributed by atoms with Gasteiger partial charge in [0.25, 0.3) is 0 Å². The van der Waals surface area contributed by atoms with Gasteiger partial charge in [0, 0.05) is 22.6 Å². The van der Waals surface area contributed by atoms with E-state index < -0.39 is 0 Å². The van der Waals surface area contributed by atoms with E-state index in [1.165, 1.54) is 5.56 Å². The Labute approximate surface area is 160 Å². The molecule has 0 saturated heterocycles. The van der Waals surface area contributed by atoms with Crippen LogP contribution in [0.4, 0.5) is 17.1 Å². The zero-order valence-electron chi connectivity index (χ0n) is 14.9. The highest BCUT2D eigenvalue weighted by atomic mass is 32.1. The van der Waals surface area contributed by atoms with Crippen LogP contribution < -0.4 is 21.7 Å². The van der Waals surface area contributed by atoms with Crippen LogP contribution in [0.15, 0.2) is 42.5 Å². The third kappa shape index (κ3) is 5.41. The summed E-state index contributed by atoms with van der Waals surface area (Å²) in [6.07, 6.45) is 0. The highest BCUT2D eigenvalue weighted by Gasteiger charge is 2.22. The summed E-state index contributed by atoms with van der Waals surface area (Å²) in [5.41, 5.74) is 10.5. The third-order valence-electron chi connectivity index (χ3n) is 3.60. The Morgan fingerprint density at radius 3 is 2.08 bits per heavy atom. The first kappa shape index (κ1) is 19.1. The normalized spacial score (nSPS) is 10.9. The topological polar surface area (TPSA) is 62.1 Å². The molecule has 6 heteroatoms. The van der Waals surface area contributed by atoms with E-state index in [2.05, 4.69) is 36.7 Å². The van der Waals surface area contributed by atoms with Gasteiger partial charge >= 0.3 is 0 Å². The van der Waals surface area contributed by atoms with Gasteiger partial charge in [0.05, 0.1) is 0 Å². The summed E-state index contributed by atoms with van der Waals surface area (Å²) in [6, 6.07) is 14.0. The number of hydrogen-bond donors (Lipinski definition) is 4. The van der Waals surface area contributed by atoms with Gasteiger partial charge in [-0.1, -0.05) is 39.0 Å². The van der Waals surface area contributed by atoms with E-state index in [0.29, 0.717) is 5.11 Å². The van der Waals surface area contributed by atoms with Gasteiger partial charge in [-0.05, 0) is 66.6 Å². The predicted octanol–water partition coefficient (Wildman–Crippen LogP) is 4.76. The van der Waals surface area contributed by atoms with Crippen LogP contribution in [-0.2, 0) is 5.41 Å². The average molecular weight is 373 g/mol. The lowest BCUT2D eigenvalue weighted by atomic mass is 9.84. The van der Waals surface area contributed by atoms with Gasteiger partial charge in [0.2, 0.25) is 0 Å². The number of rotatable bonds is 3. The Hall–Kier alpha value is -2.18. The average Bonchev–Trinajstić information content (AvgIpc) is 2.45. The Morgan fingerprint density at radius 2 is 1.52 bits per heavy atom. The van der Waals surface area contributed by atoms with Crippen LogP contribution in [0.5, 0.6) is 0 Å². The molecule has 0 aliphatic heterocycles. The summed E-state index contributed by atoms with van der Waals surface area (Å²) < 4.78 is 0. The van der Waals surface area contributed by atoms with E-state index in [1.54, 1.807) is 0 Å². The fraction of sp³-hybridized carbons (Fsp3) is 0.263. The summed E-state index contributed by atoms with van der Waals surface area (Å²) in [4.78, 5) is 0. The second-order valence-corrected chi connectivity index (χ2v) is 7.76. The summed E-state index contributed by atoms with van der Waals surface area (Å²) in [5.74, 6) is 0. The molecule has 0 radical (unpaired) electrons. The van der Waals surface area contributed by atoms with E-state index in [4.69, 9.17) is 30.2 Å². The number of benzene rings is 2. The molecule has 4 nitrogen and oxygen atoms in total. The monoisotopic (exact) mass is 372 g/mol. The van der Waals surface area contributed by atoms with E-state index in [0.717, 1.165) is 22.6 Å². The molecule has 2 rings (SSSR count). The number of nitrogens with two attached hydrogens (primary N) is 1. The second-order valence-electron chi connectivity index (χ2n) is 6.92. The zero-order chi connectivity index (χ0) is 18.6. The Balaban J connectivity index is 2.29. The second kappa shape index (κ2) is 7.80. The van der Waals surface area contributed by atoms with Gasteiger partial charge < -0.3 is 21.7 Å². The summed E-state index contributed by atoms with van der Waals surface area (Å²) in [7, 11) is 0. The molecule has 0 aliphatic carbocycles. The molecule has 2 aromatic rings. The fourth-order valence-electron chi connectivity index (χ4n) is 2.71. The SMILES string of the molecule is Cc1cccc(NC(=S)Nc2cccc(NC(N)=S)c2C(C)(C)C)c1. The quantitative estimate of drug-likeness (QED) is 0.583. The van der Waals surface area contributed by atoms with Crippen molar-refractivity contribution >= 4 is 51.7 Å². The van der Waals surface area contributed by atoms with Gasteiger partial charge in [-0.3, -0.25) is 0 Å². The molecule has 0 heterocycles. The van der Waals surface area contributed by atoms with Gasteiger partial charge in [0.1, 0.15) is 0 Å². The van der Waals surface area contributed by atoms with Crippen LogP contribution in [0.25, 0.3) is 0 Å². The fourth-order valence-corrected chi connectivity index (χ4v) is 3.05. The first-order valence-corrected chi connectivity index (χ1v) is 8.83. The molecular formula is C19H24N4S2. The van der Waals surface area contributed by atoms with Crippen molar-refractivity contribution in [3.63, 3.8) is 0 Å². The predicted molar refractivity (Wildman–Crippen MR) is 117 cm³/mol. The largest absolute Gasteiger partial charge is 0.376 e. The molecule has 5 N–H and O–H groups in total. The smallest absolute Gasteiger partial charge is 0.175 e. The van der Waals surface area contributed by atoms with Gasteiger partial charge in [-0.15, -0.1) is 0 Å². The molecule has 2 aromatic carbocycles. The van der Waals surface area contributed by atoms with E-state index in [-0.39, 0.29) is 10.5 Å². The molecule has 25 heavy (non-hydrogen) atoms. The third-order valence-corrected chi connectivity index (χ3v) is 3.90. The number of nitrogens with one attached hydrogen (secondary N) is 3. The van der Waals surface area contributed by atoms with Gasteiger partial charge in [-0.25, -0.2) is 0 Å².